The lowest BCUT2D eigenvalue weighted by atomic mass is 9.97. The summed E-state index contributed by atoms with van der Waals surface area (Å²) in [5, 5.41) is 3.89. The largest absolute Gasteiger partial charge is 0.455 e. The first-order valence-electron chi connectivity index (χ1n) is 8.43. The normalized spacial score (nSPS) is 16.1. The smallest absolute Gasteiger partial charge is 0.310 e. The lowest BCUT2D eigenvalue weighted by Gasteiger charge is -2.20. The molecule has 6 heteroatoms. The van der Waals surface area contributed by atoms with Gasteiger partial charge in [-0.25, -0.2) is 0 Å². The van der Waals surface area contributed by atoms with Crippen LogP contribution in [0.3, 0.4) is 0 Å². The summed E-state index contributed by atoms with van der Waals surface area (Å²) in [6, 6.07) is 5.12. The minimum Gasteiger partial charge on any atom is -0.455 e. The number of ether oxygens (including phenoxy) is 1. The molecule has 0 aromatic heterocycles. The van der Waals surface area contributed by atoms with Crippen molar-refractivity contribution < 1.29 is 14.3 Å². The molecule has 0 radical (unpaired) electrons. The number of hydrogen-bond acceptors (Lipinski definition) is 3. The third-order valence-corrected chi connectivity index (χ3v) is 4.77. The van der Waals surface area contributed by atoms with Gasteiger partial charge in [-0.05, 0) is 30.5 Å². The van der Waals surface area contributed by atoms with Crippen molar-refractivity contribution in [1.29, 1.82) is 0 Å². The Morgan fingerprint density at radius 3 is 2.42 bits per heavy atom. The van der Waals surface area contributed by atoms with Gasteiger partial charge in [0.2, 0.25) is 0 Å². The average Bonchev–Trinajstić information content (AvgIpc) is 2.51. The number of nitrogens with one attached hydrogen (secondary N) is 1. The Hall–Kier alpha value is -1.26. The first kappa shape index (κ1) is 19.1. The minimum absolute atomic E-state index is 0.0205. The van der Waals surface area contributed by atoms with E-state index in [1.165, 1.54) is 19.3 Å². The SMILES string of the molecule is O=C(COC(=O)Cc1ccc(Cl)cc1Cl)NC1CCCCCCC1. The van der Waals surface area contributed by atoms with E-state index < -0.39 is 5.97 Å². The fourth-order valence-electron chi connectivity index (χ4n) is 2.89. The van der Waals surface area contributed by atoms with Crippen LogP contribution in [0.25, 0.3) is 0 Å². The molecule has 1 aromatic carbocycles. The van der Waals surface area contributed by atoms with E-state index in [0.29, 0.717) is 15.6 Å². The number of benzene rings is 1. The lowest BCUT2D eigenvalue weighted by molar-refractivity contribution is -0.148. The third kappa shape index (κ3) is 6.70. The zero-order chi connectivity index (χ0) is 17.4. The number of carbonyl (C=O) groups excluding carboxylic acids is 2. The molecule has 1 aliphatic rings. The number of hydrogen-bond donors (Lipinski definition) is 1. The van der Waals surface area contributed by atoms with E-state index in [1.54, 1.807) is 18.2 Å². The number of halogens is 2. The summed E-state index contributed by atoms with van der Waals surface area (Å²) in [6.45, 7) is -0.249. The van der Waals surface area contributed by atoms with Gasteiger partial charge in [0.15, 0.2) is 6.61 Å². The Morgan fingerprint density at radius 2 is 1.75 bits per heavy atom. The van der Waals surface area contributed by atoms with Crippen LogP contribution in [-0.2, 0) is 20.7 Å². The molecule has 0 heterocycles. The number of esters is 1. The van der Waals surface area contributed by atoms with Gasteiger partial charge in [-0.15, -0.1) is 0 Å². The van der Waals surface area contributed by atoms with Crippen molar-refractivity contribution in [3.05, 3.63) is 33.8 Å². The van der Waals surface area contributed by atoms with Crippen LogP contribution in [0.15, 0.2) is 18.2 Å². The van der Waals surface area contributed by atoms with Gasteiger partial charge >= 0.3 is 5.97 Å². The lowest BCUT2D eigenvalue weighted by Crippen LogP contribution is -2.38. The van der Waals surface area contributed by atoms with E-state index in [0.717, 1.165) is 25.7 Å². The molecule has 1 aliphatic carbocycles. The van der Waals surface area contributed by atoms with Gasteiger partial charge in [0, 0.05) is 16.1 Å². The Labute approximate surface area is 152 Å². The van der Waals surface area contributed by atoms with Gasteiger partial charge in [0.05, 0.1) is 6.42 Å². The molecule has 1 fully saturated rings. The Balaban J connectivity index is 1.73. The van der Waals surface area contributed by atoms with E-state index >= 15 is 0 Å². The van der Waals surface area contributed by atoms with Gasteiger partial charge in [-0.1, -0.05) is 61.4 Å². The molecule has 1 aromatic rings. The second-order valence-electron chi connectivity index (χ2n) is 6.18. The molecule has 2 rings (SSSR count). The Morgan fingerprint density at radius 1 is 1.08 bits per heavy atom. The fourth-order valence-corrected chi connectivity index (χ4v) is 3.36. The van der Waals surface area contributed by atoms with E-state index in [-0.39, 0.29) is 25.0 Å². The highest BCUT2D eigenvalue weighted by atomic mass is 35.5. The van der Waals surface area contributed by atoms with Crippen LogP contribution in [0.1, 0.15) is 50.5 Å². The van der Waals surface area contributed by atoms with E-state index in [9.17, 15) is 9.59 Å². The number of amides is 1. The van der Waals surface area contributed by atoms with Crippen molar-refractivity contribution in [1.82, 2.24) is 5.32 Å². The van der Waals surface area contributed by atoms with Crippen molar-refractivity contribution in [2.24, 2.45) is 0 Å². The molecule has 1 N–H and O–H groups in total. The molecular formula is C18H23Cl2NO3. The molecule has 0 aliphatic heterocycles. The summed E-state index contributed by atoms with van der Waals surface area (Å²) in [6.07, 6.45) is 8.03. The quantitative estimate of drug-likeness (QED) is 0.784. The highest BCUT2D eigenvalue weighted by Crippen LogP contribution is 2.21. The molecule has 0 unspecified atom stereocenters. The van der Waals surface area contributed by atoms with Crippen LogP contribution in [-0.4, -0.2) is 24.5 Å². The van der Waals surface area contributed by atoms with Crippen molar-refractivity contribution in [2.75, 3.05) is 6.61 Å². The maximum atomic E-state index is 11.9. The summed E-state index contributed by atoms with van der Waals surface area (Å²) in [4.78, 5) is 23.8. The molecule has 0 saturated heterocycles. The van der Waals surface area contributed by atoms with Crippen molar-refractivity contribution >= 4 is 35.1 Å². The van der Waals surface area contributed by atoms with Crippen LogP contribution in [0.4, 0.5) is 0 Å². The van der Waals surface area contributed by atoms with Gasteiger partial charge in [0.25, 0.3) is 5.91 Å². The second-order valence-corrected chi connectivity index (χ2v) is 7.03. The van der Waals surface area contributed by atoms with Crippen molar-refractivity contribution in [3.8, 4) is 0 Å². The topological polar surface area (TPSA) is 55.4 Å². The zero-order valence-corrected chi connectivity index (χ0v) is 15.2. The zero-order valence-electron chi connectivity index (χ0n) is 13.7. The summed E-state index contributed by atoms with van der Waals surface area (Å²) >= 11 is 11.8. The second kappa shape index (κ2) is 9.90. The maximum absolute atomic E-state index is 11.9. The maximum Gasteiger partial charge on any atom is 0.310 e. The Bertz CT molecular complexity index is 569. The molecule has 24 heavy (non-hydrogen) atoms. The summed E-state index contributed by atoms with van der Waals surface area (Å²) in [7, 11) is 0. The third-order valence-electron chi connectivity index (χ3n) is 4.18. The van der Waals surface area contributed by atoms with E-state index in [2.05, 4.69) is 5.32 Å². The van der Waals surface area contributed by atoms with Crippen LogP contribution in [0, 0.1) is 0 Å². The predicted molar refractivity (Wildman–Crippen MR) is 95.4 cm³/mol. The molecule has 132 valence electrons. The summed E-state index contributed by atoms with van der Waals surface area (Å²) < 4.78 is 5.05. The molecule has 0 spiro atoms. The molecule has 4 nitrogen and oxygen atoms in total. The van der Waals surface area contributed by atoms with Crippen LogP contribution >= 0.6 is 23.2 Å². The highest BCUT2D eigenvalue weighted by Gasteiger charge is 2.16. The summed E-state index contributed by atoms with van der Waals surface area (Å²) in [5.74, 6) is -0.719. The van der Waals surface area contributed by atoms with E-state index in [4.69, 9.17) is 27.9 Å². The van der Waals surface area contributed by atoms with Gasteiger partial charge in [-0.2, -0.15) is 0 Å². The molecule has 1 saturated carbocycles. The molecule has 1 amide bonds. The number of rotatable bonds is 5. The van der Waals surface area contributed by atoms with Gasteiger partial charge < -0.3 is 10.1 Å². The molecule has 0 atom stereocenters. The standard InChI is InChI=1S/C18H23Cl2NO3/c19-14-9-8-13(16(20)11-14)10-18(23)24-12-17(22)21-15-6-4-2-1-3-5-7-15/h8-9,11,15H,1-7,10,12H2,(H,21,22). The average molecular weight is 372 g/mol. The number of carbonyl (C=O) groups is 2. The summed E-state index contributed by atoms with van der Waals surface area (Å²) in [5.41, 5.74) is 0.631. The first-order chi connectivity index (χ1) is 11.5. The molecular weight excluding hydrogens is 349 g/mol. The minimum atomic E-state index is -0.480. The van der Waals surface area contributed by atoms with Gasteiger partial charge in [0.1, 0.15) is 0 Å². The van der Waals surface area contributed by atoms with E-state index in [1.807, 2.05) is 0 Å². The molecule has 0 bridgehead atoms. The van der Waals surface area contributed by atoms with Crippen LogP contribution in [0.2, 0.25) is 10.0 Å². The predicted octanol–water partition coefficient (Wildman–Crippen LogP) is 4.31. The highest BCUT2D eigenvalue weighted by molar-refractivity contribution is 6.35. The van der Waals surface area contributed by atoms with Crippen molar-refractivity contribution in [3.63, 3.8) is 0 Å². The van der Waals surface area contributed by atoms with Crippen molar-refractivity contribution in [2.45, 2.75) is 57.4 Å². The first-order valence-corrected chi connectivity index (χ1v) is 9.19. The van der Waals surface area contributed by atoms with Crippen LogP contribution in [0.5, 0.6) is 0 Å². The van der Waals surface area contributed by atoms with Crippen LogP contribution < -0.4 is 5.32 Å². The fraction of sp³-hybridized carbons (Fsp3) is 0.556. The Kier molecular flexibility index (Phi) is 7.86. The van der Waals surface area contributed by atoms with Gasteiger partial charge in [-0.3, -0.25) is 9.59 Å². The monoisotopic (exact) mass is 371 g/mol.